The number of ketones is 1. The van der Waals surface area contributed by atoms with E-state index in [1.807, 2.05) is 0 Å². The Morgan fingerprint density at radius 3 is 2.36 bits per heavy atom. The maximum Gasteiger partial charge on any atom is 0.317 e. The molecule has 0 aliphatic carbocycles. The van der Waals surface area contributed by atoms with Crippen molar-refractivity contribution in [3.63, 3.8) is 0 Å². The number of aromatic hydroxyl groups is 1. The van der Waals surface area contributed by atoms with Crippen LogP contribution >= 0.6 is 11.3 Å². The van der Waals surface area contributed by atoms with Crippen LogP contribution in [0.2, 0.25) is 0 Å². The molecule has 22 heavy (non-hydrogen) atoms. The van der Waals surface area contributed by atoms with E-state index < -0.39 is 11.9 Å². The van der Waals surface area contributed by atoms with Gasteiger partial charge >= 0.3 is 6.03 Å². The summed E-state index contributed by atoms with van der Waals surface area (Å²) < 4.78 is 0. The molecule has 2 aromatic rings. The standard InChI is InChI=1S/C14H13N3O4S/c1-6(18)8-4-7(2-3-10(8)19)11-5-9(12(15)20)13(22-11)17-14(16)21/h2-5,19H,1H3,(H2,15,20)(H3,16,17,21). The summed E-state index contributed by atoms with van der Waals surface area (Å²) in [5.41, 5.74) is 11.2. The molecular formula is C14H13N3O4S. The van der Waals surface area contributed by atoms with Crippen molar-refractivity contribution >= 4 is 34.1 Å². The van der Waals surface area contributed by atoms with Crippen LogP contribution in [-0.4, -0.2) is 22.8 Å². The van der Waals surface area contributed by atoms with Crippen LogP contribution in [-0.2, 0) is 0 Å². The highest BCUT2D eigenvalue weighted by Gasteiger charge is 2.17. The van der Waals surface area contributed by atoms with Crippen LogP contribution in [0.5, 0.6) is 5.75 Å². The SMILES string of the molecule is CC(=O)c1cc(-c2cc(C(N)=O)c(NC(N)=O)s2)ccc1O. The van der Waals surface area contributed by atoms with E-state index >= 15 is 0 Å². The van der Waals surface area contributed by atoms with Crippen molar-refractivity contribution in [2.75, 3.05) is 5.32 Å². The molecule has 0 radical (unpaired) electrons. The quantitative estimate of drug-likeness (QED) is 0.640. The largest absolute Gasteiger partial charge is 0.507 e. The van der Waals surface area contributed by atoms with Gasteiger partial charge in [-0.2, -0.15) is 0 Å². The van der Waals surface area contributed by atoms with Crippen molar-refractivity contribution in [1.82, 2.24) is 0 Å². The average molecular weight is 319 g/mol. The van der Waals surface area contributed by atoms with Crippen molar-refractivity contribution in [2.45, 2.75) is 6.92 Å². The lowest BCUT2D eigenvalue weighted by Crippen LogP contribution is -2.21. The lowest BCUT2D eigenvalue weighted by Gasteiger charge is -2.03. The molecule has 0 aliphatic rings. The molecule has 0 aliphatic heterocycles. The predicted octanol–water partition coefficient (Wildman–Crippen LogP) is 1.91. The number of thiophene rings is 1. The Labute approximate surface area is 129 Å². The van der Waals surface area contributed by atoms with E-state index in [0.29, 0.717) is 10.4 Å². The topological polar surface area (TPSA) is 136 Å². The first-order valence-electron chi connectivity index (χ1n) is 6.14. The fourth-order valence-electron chi connectivity index (χ4n) is 1.89. The molecule has 0 saturated carbocycles. The maximum atomic E-state index is 11.5. The number of amides is 3. The molecule has 3 amide bonds. The Morgan fingerprint density at radius 1 is 1.14 bits per heavy atom. The molecule has 0 saturated heterocycles. The lowest BCUT2D eigenvalue weighted by molar-refractivity contribution is 0.0996. The number of Topliss-reactive ketones (excluding diaryl/α,β-unsaturated/α-hetero) is 1. The van der Waals surface area contributed by atoms with Gasteiger partial charge in [-0.1, -0.05) is 0 Å². The van der Waals surface area contributed by atoms with Crippen LogP contribution in [0.25, 0.3) is 10.4 Å². The first-order chi connectivity index (χ1) is 10.3. The maximum absolute atomic E-state index is 11.5. The van der Waals surface area contributed by atoms with Gasteiger partial charge in [-0.3, -0.25) is 14.9 Å². The van der Waals surface area contributed by atoms with E-state index in [-0.39, 0.29) is 27.7 Å². The van der Waals surface area contributed by atoms with Gasteiger partial charge in [0.15, 0.2) is 5.78 Å². The third-order valence-corrected chi connectivity index (χ3v) is 3.99. The number of hydrogen-bond donors (Lipinski definition) is 4. The van der Waals surface area contributed by atoms with Gasteiger partial charge in [0.25, 0.3) is 5.91 Å². The average Bonchev–Trinajstić information content (AvgIpc) is 2.82. The summed E-state index contributed by atoms with van der Waals surface area (Å²) in [5, 5.41) is 12.2. The van der Waals surface area contributed by atoms with E-state index in [1.165, 1.54) is 25.1 Å². The number of nitrogens with one attached hydrogen (secondary N) is 1. The van der Waals surface area contributed by atoms with Crippen molar-refractivity contribution in [2.24, 2.45) is 11.5 Å². The number of urea groups is 1. The van der Waals surface area contributed by atoms with Crippen LogP contribution in [0.1, 0.15) is 27.6 Å². The molecule has 1 aromatic heterocycles. The van der Waals surface area contributed by atoms with E-state index in [4.69, 9.17) is 11.5 Å². The highest BCUT2D eigenvalue weighted by Crippen LogP contribution is 2.36. The number of rotatable bonds is 4. The number of carbonyl (C=O) groups is 3. The Hall–Kier alpha value is -2.87. The van der Waals surface area contributed by atoms with Gasteiger partial charge in [0.05, 0.1) is 11.1 Å². The lowest BCUT2D eigenvalue weighted by atomic mass is 10.1. The summed E-state index contributed by atoms with van der Waals surface area (Å²) in [6, 6.07) is 5.16. The van der Waals surface area contributed by atoms with Crippen molar-refractivity contribution in [3.05, 3.63) is 35.4 Å². The summed E-state index contributed by atoms with van der Waals surface area (Å²) in [6.45, 7) is 1.34. The van der Waals surface area contributed by atoms with Gasteiger partial charge in [0.1, 0.15) is 10.8 Å². The van der Waals surface area contributed by atoms with E-state index in [2.05, 4.69) is 5.32 Å². The van der Waals surface area contributed by atoms with Crippen molar-refractivity contribution in [1.29, 1.82) is 0 Å². The number of phenols is 1. The molecule has 0 spiro atoms. The smallest absolute Gasteiger partial charge is 0.317 e. The minimum absolute atomic E-state index is 0.122. The monoisotopic (exact) mass is 319 g/mol. The molecule has 0 atom stereocenters. The Kier molecular flexibility index (Phi) is 4.13. The molecule has 6 N–H and O–H groups in total. The summed E-state index contributed by atoms with van der Waals surface area (Å²) in [5.74, 6) is -1.13. The number of primary amides is 2. The van der Waals surface area contributed by atoms with Gasteiger partial charge in [-0.15, -0.1) is 11.3 Å². The van der Waals surface area contributed by atoms with Gasteiger partial charge in [-0.05, 0) is 36.8 Å². The first-order valence-corrected chi connectivity index (χ1v) is 6.95. The molecule has 8 heteroatoms. The van der Waals surface area contributed by atoms with E-state index in [0.717, 1.165) is 11.3 Å². The second-order valence-corrected chi connectivity index (χ2v) is 5.55. The normalized spacial score (nSPS) is 10.2. The van der Waals surface area contributed by atoms with E-state index in [9.17, 15) is 19.5 Å². The molecule has 1 heterocycles. The number of nitrogens with two attached hydrogens (primary N) is 2. The molecule has 0 fully saturated rings. The number of benzene rings is 1. The van der Waals surface area contributed by atoms with E-state index in [1.54, 1.807) is 6.07 Å². The molecule has 0 unspecified atom stereocenters. The molecule has 114 valence electrons. The van der Waals surface area contributed by atoms with Gasteiger partial charge in [0.2, 0.25) is 0 Å². The summed E-state index contributed by atoms with van der Waals surface area (Å²) in [4.78, 5) is 34.5. The van der Waals surface area contributed by atoms with Crippen LogP contribution in [0.15, 0.2) is 24.3 Å². The Morgan fingerprint density at radius 2 is 1.82 bits per heavy atom. The highest BCUT2D eigenvalue weighted by atomic mass is 32.1. The van der Waals surface area contributed by atoms with Gasteiger partial charge in [0, 0.05) is 4.88 Å². The molecule has 7 nitrogen and oxygen atoms in total. The number of phenolic OH excluding ortho intramolecular Hbond substituents is 1. The second kappa shape index (κ2) is 5.86. The third-order valence-electron chi connectivity index (χ3n) is 2.89. The Bertz CT molecular complexity index is 782. The number of hydrogen-bond acceptors (Lipinski definition) is 5. The fourth-order valence-corrected chi connectivity index (χ4v) is 2.95. The predicted molar refractivity (Wildman–Crippen MR) is 83.1 cm³/mol. The van der Waals surface area contributed by atoms with Gasteiger partial charge < -0.3 is 16.6 Å². The number of carbonyl (C=O) groups excluding carboxylic acids is 3. The molecule has 1 aromatic carbocycles. The zero-order valence-corrected chi connectivity index (χ0v) is 12.4. The van der Waals surface area contributed by atoms with Crippen LogP contribution < -0.4 is 16.8 Å². The Balaban J connectivity index is 2.53. The molecular weight excluding hydrogens is 306 g/mol. The minimum atomic E-state index is -0.814. The molecule has 0 bridgehead atoms. The van der Waals surface area contributed by atoms with Crippen LogP contribution in [0, 0.1) is 0 Å². The summed E-state index contributed by atoms with van der Waals surface area (Å²) >= 11 is 1.09. The fraction of sp³-hybridized carbons (Fsp3) is 0.0714. The zero-order valence-electron chi connectivity index (χ0n) is 11.5. The van der Waals surface area contributed by atoms with Crippen LogP contribution in [0.4, 0.5) is 9.80 Å². The van der Waals surface area contributed by atoms with Crippen molar-refractivity contribution < 1.29 is 19.5 Å². The van der Waals surface area contributed by atoms with Crippen LogP contribution in [0.3, 0.4) is 0 Å². The third kappa shape index (κ3) is 3.07. The number of anilines is 1. The molecule has 2 rings (SSSR count). The van der Waals surface area contributed by atoms with Gasteiger partial charge in [-0.25, -0.2) is 4.79 Å². The second-order valence-electron chi connectivity index (χ2n) is 4.50. The summed E-state index contributed by atoms with van der Waals surface area (Å²) in [7, 11) is 0. The summed E-state index contributed by atoms with van der Waals surface area (Å²) in [6.07, 6.45) is 0. The highest BCUT2D eigenvalue weighted by molar-refractivity contribution is 7.20. The first kappa shape index (κ1) is 15.5. The minimum Gasteiger partial charge on any atom is -0.507 e. The zero-order chi connectivity index (χ0) is 16.4. The van der Waals surface area contributed by atoms with Crippen molar-refractivity contribution in [3.8, 4) is 16.2 Å².